The van der Waals surface area contributed by atoms with E-state index in [1.54, 1.807) is 6.07 Å². The number of alkyl halides is 1. The van der Waals surface area contributed by atoms with Gasteiger partial charge in [0, 0.05) is 28.1 Å². The third-order valence-electron chi connectivity index (χ3n) is 3.51. The molecule has 0 saturated carbocycles. The minimum Gasteiger partial charge on any atom is -0.367 e. The van der Waals surface area contributed by atoms with Crippen LogP contribution in [0.2, 0.25) is 0 Å². The molecule has 2 aromatic rings. The average Bonchev–Trinajstić information content (AvgIpc) is 2.46. The van der Waals surface area contributed by atoms with Crippen LogP contribution in [0.15, 0.2) is 46.9 Å². The molecule has 106 valence electrons. The van der Waals surface area contributed by atoms with Gasteiger partial charge in [-0.1, -0.05) is 56.1 Å². The van der Waals surface area contributed by atoms with Crippen LogP contribution in [0.1, 0.15) is 24.1 Å². The Morgan fingerprint density at radius 2 is 1.90 bits per heavy atom. The number of halogens is 3. The Hall–Kier alpha value is -0.870. The summed E-state index contributed by atoms with van der Waals surface area (Å²) >= 11 is 7.00. The summed E-state index contributed by atoms with van der Waals surface area (Å²) in [5.41, 5.74) is 2.97. The van der Waals surface area contributed by atoms with Gasteiger partial charge in [0.15, 0.2) is 0 Å². The molecule has 0 aliphatic carbocycles. The first-order chi connectivity index (χ1) is 9.54. The van der Waals surface area contributed by atoms with E-state index in [0.29, 0.717) is 5.56 Å². The van der Waals surface area contributed by atoms with Crippen molar-refractivity contribution in [3.63, 3.8) is 0 Å². The van der Waals surface area contributed by atoms with Gasteiger partial charge in [0.05, 0.1) is 6.04 Å². The summed E-state index contributed by atoms with van der Waals surface area (Å²) in [6.45, 7) is 2.01. The molecule has 0 aliphatic rings. The fourth-order valence-electron chi connectivity index (χ4n) is 2.21. The Kier molecular flexibility index (Phi) is 5.22. The van der Waals surface area contributed by atoms with Gasteiger partial charge < -0.3 is 4.90 Å². The zero-order chi connectivity index (χ0) is 14.7. The second-order valence-corrected chi connectivity index (χ2v) is 6.19. The quantitative estimate of drug-likeness (QED) is 0.596. The zero-order valence-electron chi connectivity index (χ0n) is 11.4. The Morgan fingerprint density at radius 1 is 1.20 bits per heavy atom. The Labute approximate surface area is 136 Å². The minimum atomic E-state index is -0.165. The molecule has 0 N–H and O–H groups in total. The van der Waals surface area contributed by atoms with Crippen LogP contribution in [-0.4, -0.2) is 7.05 Å². The standard InChI is InChI=1S/C16H16Br2FN/c1-11(14-5-3-4-6-15(14)19)20(2)16-9-13(18)8-7-12(16)10-17/h3-9,11H,10H2,1-2H3. The third kappa shape index (κ3) is 3.23. The monoisotopic (exact) mass is 399 g/mol. The lowest BCUT2D eigenvalue weighted by Crippen LogP contribution is -2.23. The summed E-state index contributed by atoms with van der Waals surface area (Å²) < 4.78 is 15.0. The van der Waals surface area contributed by atoms with Crippen molar-refractivity contribution in [2.75, 3.05) is 11.9 Å². The first kappa shape index (κ1) is 15.5. The topological polar surface area (TPSA) is 3.24 Å². The second-order valence-electron chi connectivity index (χ2n) is 4.72. The lowest BCUT2D eigenvalue weighted by Gasteiger charge is -2.29. The summed E-state index contributed by atoms with van der Waals surface area (Å²) in [5.74, 6) is -0.165. The van der Waals surface area contributed by atoms with Gasteiger partial charge in [-0.25, -0.2) is 4.39 Å². The maximum absolute atomic E-state index is 13.9. The lowest BCUT2D eigenvalue weighted by molar-refractivity contribution is 0.585. The van der Waals surface area contributed by atoms with E-state index in [4.69, 9.17) is 0 Å². The molecular formula is C16H16Br2FN. The number of anilines is 1. The Morgan fingerprint density at radius 3 is 2.55 bits per heavy atom. The molecule has 0 amide bonds. The van der Waals surface area contributed by atoms with Gasteiger partial charge in [-0.05, 0) is 30.7 Å². The summed E-state index contributed by atoms with van der Waals surface area (Å²) in [7, 11) is 1.99. The molecule has 0 heterocycles. The summed E-state index contributed by atoms with van der Waals surface area (Å²) in [5, 5.41) is 0.768. The Balaban J connectivity index is 2.38. The van der Waals surface area contributed by atoms with E-state index in [2.05, 4.69) is 48.9 Å². The van der Waals surface area contributed by atoms with E-state index in [9.17, 15) is 4.39 Å². The second kappa shape index (κ2) is 6.72. The Bertz CT molecular complexity index is 601. The normalized spacial score (nSPS) is 12.2. The van der Waals surface area contributed by atoms with Crippen molar-refractivity contribution in [3.05, 3.63) is 63.9 Å². The van der Waals surface area contributed by atoms with Crippen molar-refractivity contribution in [2.24, 2.45) is 0 Å². The molecule has 2 aromatic carbocycles. The van der Waals surface area contributed by atoms with Gasteiger partial charge in [-0.15, -0.1) is 0 Å². The molecule has 2 rings (SSSR count). The average molecular weight is 401 g/mol. The van der Waals surface area contributed by atoms with Crippen molar-refractivity contribution in [1.82, 2.24) is 0 Å². The van der Waals surface area contributed by atoms with E-state index in [-0.39, 0.29) is 11.9 Å². The van der Waals surface area contributed by atoms with Crippen LogP contribution < -0.4 is 4.90 Å². The number of hydrogen-bond acceptors (Lipinski definition) is 1. The van der Waals surface area contributed by atoms with E-state index in [1.165, 1.54) is 11.6 Å². The minimum absolute atomic E-state index is 0.0386. The lowest BCUT2D eigenvalue weighted by atomic mass is 10.0. The van der Waals surface area contributed by atoms with Crippen molar-refractivity contribution in [1.29, 1.82) is 0 Å². The van der Waals surface area contributed by atoms with E-state index in [1.807, 2.05) is 32.2 Å². The van der Waals surface area contributed by atoms with E-state index >= 15 is 0 Å². The van der Waals surface area contributed by atoms with Crippen LogP contribution in [0.5, 0.6) is 0 Å². The van der Waals surface area contributed by atoms with Gasteiger partial charge in [-0.3, -0.25) is 0 Å². The highest BCUT2D eigenvalue weighted by molar-refractivity contribution is 9.10. The molecule has 20 heavy (non-hydrogen) atoms. The largest absolute Gasteiger partial charge is 0.367 e. The maximum atomic E-state index is 13.9. The van der Waals surface area contributed by atoms with E-state index < -0.39 is 0 Å². The zero-order valence-corrected chi connectivity index (χ0v) is 14.6. The highest BCUT2D eigenvalue weighted by atomic mass is 79.9. The first-order valence-corrected chi connectivity index (χ1v) is 8.27. The maximum Gasteiger partial charge on any atom is 0.128 e. The molecule has 0 aliphatic heterocycles. The highest BCUT2D eigenvalue weighted by Crippen LogP contribution is 2.32. The molecule has 0 spiro atoms. The molecule has 0 saturated heterocycles. The van der Waals surface area contributed by atoms with E-state index in [0.717, 1.165) is 15.5 Å². The smallest absolute Gasteiger partial charge is 0.128 e. The molecule has 4 heteroatoms. The van der Waals surface area contributed by atoms with Gasteiger partial charge in [0.2, 0.25) is 0 Å². The van der Waals surface area contributed by atoms with Gasteiger partial charge in [0.1, 0.15) is 5.82 Å². The molecule has 1 unspecified atom stereocenters. The van der Waals surface area contributed by atoms with Crippen LogP contribution >= 0.6 is 31.9 Å². The highest BCUT2D eigenvalue weighted by Gasteiger charge is 2.18. The molecule has 1 nitrogen and oxygen atoms in total. The van der Waals surface area contributed by atoms with Crippen molar-refractivity contribution < 1.29 is 4.39 Å². The summed E-state index contributed by atoms with van der Waals surface area (Å²) in [4.78, 5) is 2.10. The molecule has 0 aromatic heterocycles. The van der Waals surface area contributed by atoms with Crippen molar-refractivity contribution >= 4 is 37.5 Å². The molecule has 0 radical (unpaired) electrons. The fraction of sp³-hybridized carbons (Fsp3) is 0.250. The molecule has 0 bridgehead atoms. The third-order valence-corrected chi connectivity index (χ3v) is 4.60. The SMILES string of the molecule is CC(c1ccccc1F)N(C)c1cc(Br)ccc1CBr. The van der Waals surface area contributed by atoms with Crippen LogP contribution in [0.3, 0.4) is 0 Å². The number of rotatable bonds is 4. The predicted octanol–water partition coefficient (Wildman–Crippen LogP) is 5.68. The fourth-order valence-corrected chi connectivity index (χ4v) is 3.03. The van der Waals surface area contributed by atoms with Crippen LogP contribution in [0.4, 0.5) is 10.1 Å². The van der Waals surface area contributed by atoms with Crippen molar-refractivity contribution in [3.8, 4) is 0 Å². The van der Waals surface area contributed by atoms with Crippen LogP contribution in [0.25, 0.3) is 0 Å². The first-order valence-electron chi connectivity index (χ1n) is 6.36. The van der Waals surface area contributed by atoms with Gasteiger partial charge >= 0.3 is 0 Å². The number of hydrogen-bond donors (Lipinski definition) is 0. The molecule has 1 atom stereocenters. The molecular weight excluding hydrogens is 385 g/mol. The summed E-state index contributed by atoms with van der Waals surface area (Å²) in [6, 6.07) is 13.0. The molecule has 0 fully saturated rings. The van der Waals surface area contributed by atoms with Gasteiger partial charge in [-0.2, -0.15) is 0 Å². The van der Waals surface area contributed by atoms with Crippen LogP contribution in [-0.2, 0) is 5.33 Å². The van der Waals surface area contributed by atoms with Crippen molar-refractivity contribution in [2.45, 2.75) is 18.3 Å². The number of nitrogens with zero attached hydrogens (tertiary/aromatic N) is 1. The number of benzene rings is 2. The predicted molar refractivity (Wildman–Crippen MR) is 90.0 cm³/mol. The van der Waals surface area contributed by atoms with Crippen LogP contribution in [0, 0.1) is 5.82 Å². The summed E-state index contributed by atoms with van der Waals surface area (Å²) in [6.07, 6.45) is 0. The van der Waals surface area contributed by atoms with Gasteiger partial charge in [0.25, 0.3) is 0 Å².